The molecule has 0 aliphatic rings. The molecule has 0 aromatic heterocycles. The standard InChI is InChI=1S/C24H31ClO5/c1-17(13-25)15-28-21-9-5-19(6-10-21)24(3,4)20-7-11-22(12-8-20)29-16-23(14-26)30-18(2)27/h5-12,17,23,26H,13-16H2,1-4H3/t17-,23-/m1/s1. The molecule has 0 fully saturated rings. The highest BCUT2D eigenvalue weighted by molar-refractivity contribution is 6.18. The number of esters is 1. The van der Waals surface area contributed by atoms with Crippen LogP contribution in [0.5, 0.6) is 11.5 Å². The lowest BCUT2D eigenvalue weighted by Crippen LogP contribution is -2.27. The van der Waals surface area contributed by atoms with Gasteiger partial charge in [-0.05, 0) is 35.4 Å². The molecule has 0 unspecified atom stereocenters. The molecule has 164 valence electrons. The highest BCUT2D eigenvalue weighted by Gasteiger charge is 2.23. The molecule has 6 heteroatoms. The Balaban J connectivity index is 2.01. The summed E-state index contributed by atoms with van der Waals surface area (Å²) in [5, 5.41) is 9.25. The summed E-state index contributed by atoms with van der Waals surface area (Å²) in [4.78, 5) is 11.0. The Bertz CT molecular complexity index is 786. The average Bonchev–Trinajstić information content (AvgIpc) is 2.75. The molecule has 0 heterocycles. The van der Waals surface area contributed by atoms with E-state index in [1.807, 2.05) is 36.4 Å². The van der Waals surface area contributed by atoms with Gasteiger partial charge in [-0.1, -0.05) is 45.0 Å². The van der Waals surface area contributed by atoms with E-state index < -0.39 is 12.1 Å². The lowest BCUT2D eigenvalue weighted by molar-refractivity contribution is -0.150. The minimum atomic E-state index is -0.674. The van der Waals surface area contributed by atoms with Crippen LogP contribution in [0.15, 0.2) is 48.5 Å². The summed E-state index contributed by atoms with van der Waals surface area (Å²) in [6, 6.07) is 15.9. The van der Waals surface area contributed by atoms with Crippen LogP contribution in [-0.2, 0) is 14.9 Å². The van der Waals surface area contributed by atoms with Crippen LogP contribution in [0.4, 0.5) is 0 Å². The van der Waals surface area contributed by atoms with Crippen LogP contribution in [0.1, 0.15) is 38.8 Å². The largest absolute Gasteiger partial charge is 0.493 e. The van der Waals surface area contributed by atoms with Crippen molar-refractivity contribution >= 4 is 17.6 Å². The molecule has 2 rings (SSSR count). The minimum Gasteiger partial charge on any atom is -0.493 e. The van der Waals surface area contributed by atoms with Crippen molar-refractivity contribution < 1.29 is 24.1 Å². The van der Waals surface area contributed by atoms with E-state index in [9.17, 15) is 9.90 Å². The molecule has 0 amide bonds. The second-order valence-electron chi connectivity index (χ2n) is 7.97. The van der Waals surface area contributed by atoms with Crippen molar-refractivity contribution in [3.8, 4) is 11.5 Å². The fraction of sp³-hybridized carbons (Fsp3) is 0.458. The number of halogens is 1. The molecule has 2 aromatic carbocycles. The molecule has 0 saturated heterocycles. The van der Waals surface area contributed by atoms with E-state index in [2.05, 4.69) is 32.9 Å². The Hall–Kier alpha value is -2.24. The van der Waals surface area contributed by atoms with E-state index in [4.69, 9.17) is 25.8 Å². The molecule has 0 bridgehead atoms. The summed E-state index contributed by atoms with van der Waals surface area (Å²) >= 11 is 5.82. The molecule has 0 aliphatic carbocycles. The van der Waals surface area contributed by atoms with Gasteiger partial charge in [0.05, 0.1) is 13.2 Å². The van der Waals surface area contributed by atoms with E-state index in [0.29, 0.717) is 24.2 Å². The lowest BCUT2D eigenvalue weighted by Gasteiger charge is -2.26. The Labute approximate surface area is 183 Å². The number of aliphatic hydroxyl groups excluding tert-OH is 1. The summed E-state index contributed by atoms with van der Waals surface area (Å²) in [6.07, 6.45) is -0.674. The van der Waals surface area contributed by atoms with Crippen LogP contribution in [0.3, 0.4) is 0 Å². The van der Waals surface area contributed by atoms with Crippen LogP contribution in [0, 0.1) is 5.92 Å². The molecule has 0 aliphatic heterocycles. The topological polar surface area (TPSA) is 65.0 Å². The lowest BCUT2D eigenvalue weighted by atomic mass is 9.78. The zero-order chi connectivity index (χ0) is 22.1. The first-order valence-electron chi connectivity index (χ1n) is 10.1. The van der Waals surface area contributed by atoms with Gasteiger partial charge in [0.1, 0.15) is 18.1 Å². The number of aliphatic hydroxyl groups is 1. The second kappa shape index (κ2) is 11.2. The third kappa shape index (κ3) is 6.92. The van der Waals surface area contributed by atoms with Gasteiger partial charge in [0.2, 0.25) is 0 Å². The number of carbonyl (C=O) groups excluding carboxylic acids is 1. The van der Waals surface area contributed by atoms with Crippen molar-refractivity contribution in [1.82, 2.24) is 0 Å². The van der Waals surface area contributed by atoms with Crippen molar-refractivity contribution in [3.63, 3.8) is 0 Å². The summed E-state index contributed by atoms with van der Waals surface area (Å²) in [5.41, 5.74) is 2.10. The number of hydrogen-bond donors (Lipinski definition) is 1. The van der Waals surface area contributed by atoms with Crippen LogP contribution >= 0.6 is 11.6 Å². The minimum absolute atomic E-state index is 0.0998. The number of alkyl halides is 1. The summed E-state index contributed by atoms with van der Waals surface area (Å²) in [5.74, 6) is 1.93. The quantitative estimate of drug-likeness (QED) is 0.414. The van der Waals surface area contributed by atoms with Gasteiger partial charge in [-0.2, -0.15) is 0 Å². The Morgan fingerprint density at radius 3 is 1.83 bits per heavy atom. The molecule has 2 aromatic rings. The van der Waals surface area contributed by atoms with Gasteiger partial charge in [0.15, 0.2) is 6.10 Å². The van der Waals surface area contributed by atoms with Gasteiger partial charge in [-0.15, -0.1) is 11.6 Å². The average molecular weight is 435 g/mol. The summed E-state index contributed by atoms with van der Waals surface area (Å²) in [6.45, 7) is 8.10. The fourth-order valence-corrected chi connectivity index (χ4v) is 3.02. The van der Waals surface area contributed by atoms with Crippen LogP contribution in [0.2, 0.25) is 0 Å². The zero-order valence-corrected chi connectivity index (χ0v) is 18.8. The molecule has 0 saturated carbocycles. The molecule has 0 radical (unpaired) electrons. The van der Waals surface area contributed by atoms with Gasteiger partial charge in [-0.25, -0.2) is 0 Å². The van der Waals surface area contributed by atoms with E-state index in [1.165, 1.54) is 12.5 Å². The molecular formula is C24H31ClO5. The van der Waals surface area contributed by atoms with Crippen molar-refractivity contribution in [2.75, 3.05) is 25.7 Å². The third-order valence-corrected chi connectivity index (χ3v) is 5.45. The highest BCUT2D eigenvalue weighted by atomic mass is 35.5. The SMILES string of the molecule is CC(=O)O[C@H](CO)COc1ccc(C(C)(C)c2ccc(OC[C@H](C)CCl)cc2)cc1. The third-order valence-electron chi connectivity index (χ3n) is 4.92. The maximum atomic E-state index is 11.0. The van der Waals surface area contributed by atoms with E-state index in [-0.39, 0.29) is 18.6 Å². The number of benzene rings is 2. The molecule has 5 nitrogen and oxygen atoms in total. The Morgan fingerprint density at radius 1 is 0.967 bits per heavy atom. The molecule has 1 N–H and O–H groups in total. The van der Waals surface area contributed by atoms with Crippen molar-refractivity contribution in [1.29, 1.82) is 0 Å². The normalized spacial score (nSPS) is 13.4. The van der Waals surface area contributed by atoms with Gasteiger partial charge in [-0.3, -0.25) is 4.79 Å². The first-order valence-corrected chi connectivity index (χ1v) is 10.6. The van der Waals surface area contributed by atoms with Crippen molar-refractivity contribution in [3.05, 3.63) is 59.7 Å². The van der Waals surface area contributed by atoms with Crippen molar-refractivity contribution in [2.45, 2.75) is 39.2 Å². The smallest absolute Gasteiger partial charge is 0.303 e. The van der Waals surface area contributed by atoms with E-state index in [0.717, 1.165) is 11.3 Å². The predicted molar refractivity (Wildman–Crippen MR) is 119 cm³/mol. The Morgan fingerprint density at radius 2 is 1.43 bits per heavy atom. The van der Waals surface area contributed by atoms with Gasteiger partial charge in [0, 0.05) is 24.1 Å². The molecule has 0 spiro atoms. The van der Waals surface area contributed by atoms with Crippen LogP contribution in [0.25, 0.3) is 0 Å². The highest BCUT2D eigenvalue weighted by Crippen LogP contribution is 2.33. The van der Waals surface area contributed by atoms with Gasteiger partial charge in [0.25, 0.3) is 0 Å². The zero-order valence-electron chi connectivity index (χ0n) is 18.1. The maximum Gasteiger partial charge on any atom is 0.303 e. The van der Waals surface area contributed by atoms with Gasteiger partial charge >= 0.3 is 5.97 Å². The Kier molecular flexibility index (Phi) is 9.00. The second-order valence-corrected chi connectivity index (χ2v) is 8.28. The summed E-state index contributed by atoms with van der Waals surface area (Å²) in [7, 11) is 0. The molecule has 30 heavy (non-hydrogen) atoms. The predicted octanol–water partition coefficient (Wildman–Crippen LogP) is 4.57. The number of rotatable bonds is 11. The first-order chi connectivity index (χ1) is 14.3. The van der Waals surface area contributed by atoms with Crippen LogP contribution < -0.4 is 9.47 Å². The molecular weight excluding hydrogens is 404 g/mol. The van der Waals surface area contributed by atoms with Crippen molar-refractivity contribution in [2.24, 2.45) is 5.92 Å². The van der Waals surface area contributed by atoms with E-state index in [1.54, 1.807) is 0 Å². The van der Waals surface area contributed by atoms with E-state index >= 15 is 0 Å². The van der Waals surface area contributed by atoms with Gasteiger partial charge < -0.3 is 19.3 Å². The fourth-order valence-electron chi connectivity index (χ4n) is 2.93. The first kappa shape index (κ1) is 24.0. The maximum absolute atomic E-state index is 11.0. The van der Waals surface area contributed by atoms with Crippen LogP contribution in [-0.4, -0.2) is 42.9 Å². The summed E-state index contributed by atoms with van der Waals surface area (Å²) < 4.78 is 16.4. The molecule has 2 atom stereocenters. The number of carbonyl (C=O) groups is 1. The monoisotopic (exact) mass is 434 g/mol. The number of ether oxygens (including phenoxy) is 3. The number of hydrogen-bond acceptors (Lipinski definition) is 5.